The van der Waals surface area contributed by atoms with Crippen LogP contribution in [0.4, 0.5) is 5.69 Å². The van der Waals surface area contributed by atoms with E-state index in [-0.39, 0.29) is 0 Å². The number of hydrogen-bond acceptors (Lipinski definition) is 6. The quantitative estimate of drug-likeness (QED) is 0.548. The Hall–Kier alpha value is -3.42. The van der Waals surface area contributed by atoms with Gasteiger partial charge in [-0.25, -0.2) is 0 Å². The van der Waals surface area contributed by atoms with Gasteiger partial charge in [-0.2, -0.15) is 14.7 Å². The van der Waals surface area contributed by atoms with Crippen LogP contribution < -0.4 is 10.1 Å². The Kier molecular flexibility index (Phi) is 3.74. The Morgan fingerprint density at radius 3 is 2.85 bits per heavy atom. The van der Waals surface area contributed by atoms with Crippen molar-refractivity contribution in [2.75, 3.05) is 12.4 Å². The van der Waals surface area contributed by atoms with E-state index in [2.05, 4.69) is 36.9 Å². The summed E-state index contributed by atoms with van der Waals surface area (Å²) < 4.78 is 6.91. The van der Waals surface area contributed by atoms with Gasteiger partial charge in [-0.1, -0.05) is 0 Å². The molecular formula is C19H19N7O. The molecule has 5 rings (SSSR count). The fourth-order valence-corrected chi connectivity index (χ4v) is 3.11. The standard InChI is InChI=1S/C19H19N7O/c1-27-15-6-4-13(5-7-15)17-9-18(19-24-21-11-26(19)25-17)20-10-14-8-16(23-22-14)12-2-3-12/h4-9,11-12,20H,2-3,10H2,1H3,(H,22,23). The van der Waals surface area contributed by atoms with Gasteiger partial charge in [-0.15, -0.1) is 10.2 Å². The molecule has 1 fully saturated rings. The first-order chi connectivity index (χ1) is 13.3. The number of ether oxygens (including phenoxy) is 1. The molecule has 0 aliphatic heterocycles. The summed E-state index contributed by atoms with van der Waals surface area (Å²) in [5, 5.41) is 23.7. The topological polar surface area (TPSA) is 93.0 Å². The number of anilines is 1. The minimum absolute atomic E-state index is 0.633. The Morgan fingerprint density at radius 2 is 2.07 bits per heavy atom. The van der Waals surface area contributed by atoms with Gasteiger partial charge in [0.2, 0.25) is 5.65 Å². The van der Waals surface area contributed by atoms with Crippen molar-refractivity contribution in [3.63, 3.8) is 0 Å². The summed E-state index contributed by atoms with van der Waals surface area (Å²) >= 11 is 0. The highest BCUT2D eigenvalue weighted by Gasteiger charge is 2.26. The number of methoxy groups -OCH3 is 1. The number of hydrogen-bond donors (Lipinski definition) is 2. The maximum Gasteiger partial charge on any atom is 0.200 e. The van der Waals surface area contributed by atoms with Crippen molar-refractivity contribution in [2.45, 2.75) is 25.3 Å². The molecule has 136 valence electrons. The highest BCUT2D eigenvalue weighted by molar-refractivity contribution is 5.73. The van der Waals surface area contributed by atoms with E-state index in [0.717, 1.165) is 34.1 Å². The Labute approximate surface area is 155 Å². The first-order valence-electron chi connectivity index (χ1n) is 8.94. The highest BCUT2D eigenvalue weighted by atomic mass is 16.5. The van der Waals surface area contributed by atoms with E-state index in [4.69, 9.17) is 4.74 Å². The summed E-state index contributed by atoms with van der Waals surface area (Å²) in [4.78, 5) is 0. The largest absolute Gasteiger partial charge is 0.497 e. The predicted octanol–water partition coefficient (Wildman–Crippen LogP) is 3.01. The number of aromatic nitrogens is 6. The molecule has 0 bridgehead atoms. The van der Waals surface area contributed by atoms with Gasteiger partial charge in [0, 0.05) is 11.5 Å². The van der Waals surface area contributed by atoms with Crippen molar-refractivity contribution >= 4 is 11.3 Å². The molecule has 8 nitrogen and oxygen atoms in total. The van der Waals surface area contributed by atoms with Crippen LogP contribution in [-0.4, -0.2) is 37.1 Å². The van der Waals surface area contributed by atoms with Crippen LogP contribution in [0.15, 0.2) is 42.7 Å². The Balaban J connectivity index is 1.43. The second-order valence-electron chi connectivity index (χ2n) is 6.72. The van der Waals surface area contributed by atoms with Crippen LogP contribution in [-0.2, 0) is 6.54 Å². The van der Waals surface area contributed by atoms with E-state index in [1.165, 1.54) is 12.8 Å². The van der Waals surface area contributed by atoms with Gasteiger partial charge in [0.25, 0.3) is 0 Å². The van der Waals surface area contributed by atoms with Crippen molar-refractivity contribution in [2.24, 2.45) is 0 Å². The number of rotatable bonds is 6. The lowest BCUT2D eigenvalue weighted by Crippen LogP contribution is -2.04. The molecule has 3 aromatic heterocycles. The highest BCUT2D eigenvalue weighted by Crippen LogP contribution is 2.39. The minimum atomic E-state index is 0.633. The third-order valence-corrected chi connectivity index (χ3v) is 4.77. The number of nitrogens with zero attached hydrogens (tertiary/aromatic N) is 5. The first kappa shape index (κ1) is 15.8. The molecule has 27 heavy (non-hydrogen) atoms. The molecule has 0 radical (unpaired) electrons. The molecular weight excluding hydrogens is 342 g/mol. The van der Waals surface area contributed by atoms with Crippen LogP contribution in [0, 0.1) is 0 Å². The van der Waals surface area contributed by atoms with Crippen molar-refractivity contribution in [3.05, 3.63) is 54.1 Å². The van der Waals surface area contributed by atoms with Crippen LogP contribution in [0.5, 0.6) is 5.75 Å². The van der Waals surface area contributed by atoms with Gasteiger partial charge >= 0.3 is 0 Å². The van der Waals surface area contributed by atoms with Gasteiger partial charge in [-0.3, -0.25) is 5.10 Å². The lowest BCUT2D eigenvalue weighted by atomic mass is 10.1. The van der Waals surface area contributed by atoms with E-state index in [1.54, 1.807) is 18.0 Å². The van der Waals surface area contributed by atoms with Crippen LogP contribution in [0.3, 0.4) is 0 Å². The fourth-order valence-electron chi connectivity index (χ4n) is 3.11. The molecule has 0 atom stereocenters. The lowest BCUT2D eigenvalue weighted by Gasteiger charge is -2.09. The first-order valence-corrected chi connectivity index (χ1v) is 8.94. The smallest absolute Gasteiger partial charge is 0.200 e. The maximum absolute atomic E-state index is 5.23. The van der Waals surface area contributed by atoms with Crippen molar-refractivity contribution in [3.8, 4) is 17.0 Å². The zero-order valence-corrected chi connectivity index (χ0v) is 14.9. The van der Waals surface area contributed by atoms with E-state index in [0.29, 0.717) is 18.1 Å². The zero-order chi connectivity index (χ0) is 18.2. The van der Waals surface area contributed by atoms with E-state index in [1.807, 2.05) is 30.3 Å². The summed E-state index contributed by atoms with van der Waals surface area (Å²) in [5.74, 6) is 1.45. The monoisotopic (exact) mass is 361 g/mol. The molecule has 3 heterocycles. The molecule has 0 saturated heterocycles. The van der Waals surface area contributed by atoms with Gasteiger partial charge < -0.3 is 10.1 Å². The molecule has 1 aliphatic rings. The number of aromatic amines is 1. The molecule has 0 amide bonds. The summed E-state index contributed by atoms with van der Waals surface area (Å²) in [6.45, 7) is 0.633. The number of H-pyrrole nitrogens is 1. The average Bonchev–Trinajstić information content (AvgIpc) is 3.26. The molecule has 1 aliphatic carbocycles. The van der Waals surface area contributed by atoms with Crippen LogP contribution in [0.1, 0.15) is 30.1 Å². The third-order valence-electron chi connectivity index (χ3n) is 4.77. The minimum Gasteiger partial charge on any atom is -0.497 e. The maximum atomic E-state index is 5.23. The van der Waals surface area contributed by atoms with Gasteiger partial charge in [0.15, 0.2) is 0 Å². The second kappa shape index (κ2) is 6.39. The van der Waals surface area contributed by atoms with Crippen LogP contribution >= 0.6 is 0 Å². The molecule has 4 aromatic rings. The van der Waals surface area contributed by atoms with Gasteiger partial charge in [0.05, 0.1) is 36.4 Å². The predicted molar refractivity (Wildman–Crippen MR) is 101 cm³/mol. The van der Waals surface area contributed by atoms with Crippen molar-refractivity contribution in [1.29, 1.82) is 0 Å². The van der Waals surface area contributed by atoms with E-state index in [9.17, 15) is 0 Å². The zero-order valence-electron chi connectivity index (χ0n) is 14.9. The Bertz CT molecular complexity index is 1080. The number of fused-ring (bicyclic) bond motifs is 1. The summed E-state index contributed by atoms with van der Waals surface area (Å²) in [5.41, 5.74) is 5.60. The summed E-state index contributed by atoms with van der Waals surface area (Å²) in [6.07, 6.45) is 4.09. The fraction of sp³-hybridized carbons (Fsp3) is 0.263. The average molecular weight is 361 g/mol. The molecule has 1 aromatic carbocycles. The van der Waals surface area contributed by atoms with Crippen molar-refractivity contribution in [1.82, 2.24) is 30.0 Å². The summed E-state index contributed by atoms with van der Waals surface area (Å²) in [6, 6.07) is 11.9. The molecule has 0 unspecified atom stereocenters. The second-order valence-corrected chi connectivity index (χ2v) is 6.72. The molecule has 8 heteroatoms. The van der Waals surface area contributed by atoms with Gasteiger partial charge in [0.1, 0.15) is 12.1 Å². The van der Waals surface area contributed by atoms with Crippen LogP contribution in [0.2, 0.25) is 0 Å². The number of nitrogens with one attached hydrogen (secondary N) is 2. The normalized spacial score (nSPS) is 13.8. The summed E-state index contributed by atoms with van der Waals surface area (Å²) in [7, 11) is 1.66. The molecule has 2 N–H and O–H groups in total. The SMILES string of the molecule is COc1ccc(-c2cc(NCc3cc(C4CC4)n[nH]3)c3nncn3n2)cc1. The van der Waals surface area contributed by atoms with Crippen LogP contribution in [0.25, 0.3) is 16.9 Å². The van der Waals surface area contributed by atoms with E-state index >= 15 is 0 Å². The van der Waals surface area contributed by atoms with Crippen molar-refractivity contribution < 1.29 is 4.74 Å². The van der Waals surface area contributed by atoms with E-state index < -0.39 is 0 Å². The molecule has 0 spiro atoms. The lowest BCUT2D eigenvalue weighted by molar-refractivity contribution is 0.415. The number of benzene rings is 1. The molecule has 1 saturated carbocycles. The van der Waals surface area contributed by atoms with Gasteiger partial charge in [-0.05, 0) is 49.2 Å². The third kappa shape index (κ3) is 3.10. The Morgan fingerprint density at radius 1 is 1.22 bits per heavy atom.